The van der Waals surface area contributed by atoms with Gasteiger partial charge in [0.1, 0.15) is 0 Å². The molecule has 5 heterocycles. The number of benzene rings is 4. The van der Waals surface area contributed by atoms with Crippen molar-refractivity contribution in [2.45, 2.75) is 0 Å². The van der Waals surface area contributed by atoms with E-state index >= 15 is 0 Å². The van der Waals surface area contributed by atoms with Gasteiger partial charge in [-0.25, -0.2) is 0 Å². The number of nitrogens with zero attached hydrogens (tertiary/aromatic N) is 6. The molecule has 0 saturated heterocycles. The summed E-state index contributed by atoms with van der Waals surface area (Å²) in [5.41, 5.74) is 6.11. The first-order valence-corrected chi connectivity index (χ1v) is 17.8. The zero-order valence-electron chi connectivity index (χ0n) is 28.1. The van der Waals surface area contributed by atoms with E-state index in [0.717, 1.165) is 48.3 Å². The Balaban J connectivity index is 1.21. The number of hydrogen-bond donors (Lipinski definition) is 2. The first kappa shape index (κ1) is 32.5. The molecule has 4 aromatic carbocycles. The summed E-state index contributed by atoms with van der Waals surface area (Å²) in [4.78, 5) is 37.4. The Kier molecular flexibility index (Phi) is 8.94. The van der Waals surface area contributed by atoms with Crippen molar-refractivity contribution in [3.05, 3.63) is 91.0 Å². The van der Waals surface area contributed by atoms with Crippen molar-refractivity contribution < 1.29 is 33.1 Å². The van der Waals surface area contributed by atoms with Gasteiger partial charge in [-0.3, -0.25) is 0 Å². The zero-order valence-corrected chi connectivity index (χ0v) is 29.1. The minimum absolute atomic E-state index is 0.410. The minimum atomic E-state index is 0.410. The van der Waals surface area contributed by atoms with Crippen LogP contribution in [0.2, 0.25) is 0 Å². The second kappa shape index (κ2) is 14.3. The molecule has 2 aliphatic rings. The third kappa shape index (κ3) is 6.13. The molecule has 2 aliphatic heterocycles. The number of fused-ring (bicyclic) bond motifs is 20. The van der Waals surface area contributed by atoms with Crippen molar-refractivity contribution in [3.8, 4) is 45.6 Å². The fraction of sp³-hybridized carbons (Fsp3) is 0.179. The summed E-state index contributed by atoms with van der Waals surface area (Å²) in [7, 11) is 1.65. The molecule has 0 unspecified atom stereocenters. The second-order valence-corrected chi connectivity index (χ2v) is 13.0. The standard InChI is InChI=1S/C32H17N8.C7H15O4.Co/c1-2-10-18-17(9-1)25-33-26(18)38-28-21-13-5-6-14-22(21)30(35-28)40-32-24-16-8-7-15-23(24)31(36-32)39-29-20-12-4-3-11-19(20)27(34-29)37-25;1-9-4-5-11-7-6-10-3-2-8;/h1-15H,(H2,33,34,35,36,37,38,39,40);2-7H2,1H3;/q;-1;+1. The first-order valence-electron chi connectivity index (χ1n) is 16.9. The molecule has 52 heavy (non-hydrogen) atoms. The van der Waals surface area contributed by atoms with Gasteiger partial charge < -0.3 is 0 Å². The molecular weight excluding hydrogens is 703 g/mol. The normalized spacial score (nSPS) is 12.1. The van der Waals surface area contributed by atoms with Crippen LogP contribution in [0.1, 0.15) is 0 Å². The van der Waals surface area contributed by atoms with E-state index in [2.05, 4.69) is 9.97 Å². The Morgan fingerprint density at radius 3 is 1.46 bits per heavy atom. The van der Waals surface area contributed by atoms with Gasteiger partial charge in [0.25, 0.3) is 0 Å². The molecule has 0 aliphatic carbocycles. The van der Waals surface area contributed by atoms with E-state index in [0.29, 0.717) is 101 Å². The monoisotopic (exact) mass is 735 g/mol. The Hall–Kier alpha value is -5.41. The summed E-state index contributed by atoms with van der Waals surface area (Å²) in [5, 5.41) is 3.62. The molecule has 0 atom stereocenters. The molecule has 0 saturated carbocycles. The number of aromatic nitrogens is 8. The third-order valence-electron chi connectivity index (χ3n) is 8.73. The van der Waals surface area contributed by atoms with Crippen LogP contribution in [-0.2, 0) is 33.1 Å². The van der Waals surface area contributed by atoms with Gasteiger partial charge in [-0.15, -0.1) is 0 Å². The number of nitrogens with one attached hydrogen (secondary N) is 2. The van der Waals surface area contributed by atoms with Crippen molar-refractivity contribution >= 4 is 48.6 Å². The molecule has 0 fully saturated rings. The van der Waals surface area contributed by atoms with Crippen LogP contribution in [0.15, 0.2) is 91.0 Å². The van der Waals surface area contributed by atoms with Gasteiger partial charge in [-0.2, -0.15) is 0 Å². The zero-order chi connectivity index (χ0) is 34.9. The maximum atomic E-state index is 6.08. The van der Waals surface area contributed by atoms with Gasteiger partial charge >= 0.3 is 299 Å². The van der Waals surface area contributed by atoms with Crippen LogP contribution in [0, 0.1) is 0 Å². The SMILES string of the molecule is COCCOCCOCC[O][Co][c]1cccc2c3nc4nc(nc5[nH]c(nc6nc(nc([nH]3)c12)-c1ccccc1-6)c1ccccc51)-c1ccccc1-4. The first-order chi connectivity index (χ1) is 25.7. The van der Waals surface area contributed by atoms with Crippen molar-refractivity contribution in [1.82, 2.24) is 39.9 Å². The van der Waals surface area contributed by atoms with Gasteiger partial charge in [0.15, 0.2) is 0 Å². The van der Waals surface area contributed by atoms with Gasteiger partial charge in [-0.1, -0.05) is 6.07 Å². The van der Waals surface area contributed by atoms with Crippen LogP contribution in [0.3, 0.4) is 0 Å². The van der Waals surface area contributed by atoms with Gasteiger partial charge in [0.2, 0.25) is 0 Å². The molecular formula is C39H32CoN8O4. The Bertz CT molecular complexity index is 2620. The third-order valence-corrected chi connectivity index (χ3v) is 9.76. The fourth-order valence-electron chi connectivity index (χ4n) is 6.33. The number of hydrogen-bond acceptors (Lipinski definition) is 10. The van der Waals surface area contributed by atoms with Gasteiger partial charge in [0, 0.05) is 0 Å². The molecule has 13 heteroatoms. The van der Waals surface area contributed by atoms with Crippen molar-refractivity contribution in [3.63, 3.8) is 0 Å². The number of aromatic amines is 2. The molecule has 8 bridgehead atoms. The van der Waals surface area contributed by atoms with Crippen LogP contribution in [0.4, 0.5) is 0 Å². The Morgan fingerprint density at radius 2 is 0.904 bits per heavy atom. The summed E-state index contributed by atoms with van der Waals surface area (Å²) in [6.45, 7) is 2.95. The van der Waals surface area contributed by atoms with E-state index in [1.807, 2.05) is 91.0 Å². The average Bonchev–Trinajstić information content (AvgIpc) is 3.91. The van der Waals surface area contributed by atoms with Crippen molar-refractivity contribution in [2.24, 2.45) is 0 Å². The molecule has 0 radical (unpaired) electrons. The van der Waals surface area contributed by atoms with E-state index in [-0.39, 0.29) is 0 Å². The van der Waals surface area contributed by atoms with Crippen molar-refractivity contribution in [1.29, 1.82) is 0 Å². The molecule has 3 aromatic heterocycles. The van der Waals surface area contributed by atoms with E-state index in [1.54, 1.807) is 7.11 Å². The summed E-state index contributed by atoms with van der Waals surface area (Å²) < 4.78 is 23.2. The summed E-state index contributed by atoms with van der Waals surface area (Å²) >= 11 is 0.696. The van der Waals surface area contributed by atoms with Crippen LogP contribution in [0.25, 0.3) is 89.7 Å². The number of ether oxygens (including phenoxy) is 3. The van der Waals surface area contributed by atoms with Gasteiger partial charge in [0.05, 0.1) is 0 Å². The van der Waals surface area contributed by atoms with Crippen LogP contribution >= 0.6 is 0 Å². The average molecular weight is 736 g/mol. The van der Waals surface area contributed by atoms with Gasteiger partial charge in [-0.05, 0) is 0 Å². The molecule has 261 valence electrons. The molecule has 7 aromatic rings. The van der Waals surface area contributed by atoms with Crippen LogP contribution in [-0.4, -0.2) is 86.6 Å². The summed E-state index contributed by atoms with van der Waals surface area (Å²) in [6.07, 6.45) is 0. The van der Waals surface area contributed by atoms with Crippen LogP contribution < -0.4 is 4.50 Å². The Morgan fingerprint density at radius 1 is 0.462 bits per heavy atom. The number of H-pyrrole nitrogens is 2. The summed E-state index contributed by atoms with van der Waals surface area (Å²) in [6, 6.07) is 30.1. The number of methoxy groups -OCH3 is 1. The van der Waals surface area contributed by atoms with E-state index in [4.69, 9.17) is 48.0 Å². The Labute approximate surface area is 304 Å². The molecule has 9 rings (SSSR count). The van der Waals surface area contributed by atoms with Crippen LogP contribution in [0.5, 0.6) is 0 Å². The van der Waals surface area contributed by atoms with Crippen molar-refractivity contribution in [2.75, 3.05) is 46.8 Å². The maximum absolute atomic E-state index is 6.08. The predicted molar refractivity (Wildman–Crippen MR) is 195 cm³/mol. The quantitative estimate of drug-likeness (QED) is 0.148. The second-order valence-electron chi connectivity index (χ2n) is 12.0. The fourth-order valence-corrected chi connectivity index (χ4v) is 7.22. The van der Waals surface area contributed by atoms with E-state index in [9.17, 15) is 0 Å². The molecule has 0 amide bonds. The summed E-state index contributed by atoms with van der Waals surface area (Å²) in [5.74, 6) is 2.23. The molecule has 2 N–H and O–H groups in total. The molecule has 12 nitrogen and oxygen atoms in total. The van der Waals surface area contributed by atoms with E-state index in [1.165, 1.54) is 0 Å². The number of rotatable bonds is 11. The van der Waals surface area contributed by atoms with E-state index < -0.39 is 0 Å². The predicted octanol–water partition coefficient (Wildman–Crippen LogP) is 6.19. The topological polar surface area (TPSA) is 146 Å². The molecule has 0 spiro atoms.